The lowest BCUT2D eigenvalue weighted by molar-refractivity contribution is 0.102. The van der Waals surface area contributed by atoms with Gasteiger partial charge in [0.15, 0.2) is 11.6 Å². The molecule has 0 aliphatic heterocycles. The molecule has 29 heavy (non-hydrogen) atoms. The van der Waals surface area contributed by atoms with Crippen LogP contribution in [0.4, 0.5) is 20.2 Å². The first-order valence-corrected chi connectivity index (χ1v) is 10.1. The average molecular weight is 416 g/mol. The van der Waals surface area contributed by atoms with E-state index in [9.17, 15) is 22.0 Å². The van der Waals surface area contributed by atoms with Crippen molar-refractivity contribution in [1.82, 2.24) is 0 Å². The van der Waals surface area contributed by atoms with Crippen molar-refractivity contribution < 1.29 is 22.0 Å². The standard InChI is InChI=1S/C21H18F2N2O3S/c1-13-3-6-17(11-14(13)2)25-29(27,28)18-8-4-15(5-9-18)21(26)24-16-7-10-19(22)20(23)12-16/h3-12,25H,1-2H3,(H,24,26). The second-order valence-electron chi connectivity index (χ2n) is 6.51. The topological polar surface area (TPSA) is 75.3 Å². The molecule has 0 bridgehead atoms. The summed E-state index contributed by atoms with van der Waals surface area (Å²) in [5.41, 5.74) is 2.69. The van der Waals surface area contributed by atoms with Crippen LogP contribution in [0.2, 0.25) is 0 Å². The third-order valence-electron chi connectivity index (χ3n) is 4.36. The number of carbonyl (C=O) groups excluding carboxylic acids is 1. The van der Waals surface area contributed by atoms with Crippen molar-refractivity contribution in [2.45, 2.75) is 18.7 Å². The molecular weight excluding hydrogens is 398 g/mol. The Hall–Kier alpha value is -3.26. The van der Waals surface area contributed by atoms with Gasteiger partial charge in [-0.25, -0.2) is 17.2 Å². The van der Waals surface area contributed by atoms with Gasteiger partial charge in [-0.2, -0.15) is 0 Å². The first-order chi connectivity index (χ1) is 13.7. The quantitative estimate of drug-likeness (QED) is 0.637. The number of benzene rings is 3. The Morgan fingerprint density at radius 1 is 0.793 bits per heavy atom. The third-order valence-corrected chi connectivity index (χ3v) is 5.76. The van der Waals surface area contributed by atoms with E-state index >= 15 is 0 Å². The lowest BCUT2D eigenvalue weighted by Gasteiger charge is -2.11. The molecule has 2 N–H and O–H groups in total. The van der Waals surface area contributed by atoms with Crippen molar-refractivity contribution >= 4 is 27.3 Å². The fourth-order valence-corrected chi connectivity index (χ4v) is 3.63. The van der Waals surface area contributed by atoms with Crippen molar-refractivity contribution in [2.75, 3.05) is 10.0 Å². The van der Waals surface area contributed by atoms with Gasteiger partial charge in [0.1, 0.15) is 0 Å². The summed E-state index contributed by atoms with van der Waals surface area (Å²) in [6.45, 7) is 3.81. The lowest BCUT2D eigenvalue weighted by Crippen LogP contribution is -2.15. The van der Waals surface area contributed by atoms with Crippen LogP contribution in [0.3, 0.4) is 0 Å². The molecule has 0 aliphatic rings. The Labute approximate surface area is 167 Å². The van der Waals surface area contributed by atoms with Crippen molar-refractivity contribution in [3.05, 3.63) is 89.0 Å². The van der Waals surface area contributed by atoms with Crippen LogP contribution in [0.25, 0.3) is 0 Å². The largest absolute Gasteiger partial charge is 0.322 e. The summed E-state index contributed by atoms with van der Waals surface area (Å²) in [5, 5.41) is 2.43. The second kappa shape index (κ2) is 8.00. The number of amides is 1. The van der Waals surface area contributed by atoms with Crippen LogP contribution >= 0.6 is 0 Å². The van der Waals surface area contributed by atoms with Gasteiger partial charge in [-0.05, 0) is 73.5 Å². The van der Waals surface area contributed by atoms with Crippen LogP contribution in [0.1, 0.15) is 21.5 Å². The molecule has 3 aromatic carbocycles. The van der Waals surface area contributed by atoms with E-state index in [1.807, 2.05) is 19.9 Å². The number of halogens is 2. The van der Waals surface area contributed by atoms with Crippen LogP contribution in [-0.4, -0.2) is 14.3 Å². The van der Waals surface area contributed by atoms with E-state index < -0.39 is 27.6 Å². The summed E-state index contributed by atoms with van der Waals surface area (Å²) < 4.78 is 53.8. The van der Waals surface area contributed by atoms with E-state index in [1.165, 1.54) is 30.3 Å². The van der Waals surface area contributed by atoms with Crippen molar-refractivity contribution in [1.29, 1.82) is 0 Å². The molecule has 0 spiro atoms. The molecule has 3 aromatic rings. The number of anilines is 2. The minimum atomic E-state index is -3.83. The summed E-state index contributed by atoms with van der Waals surface area (Å²) >= 11 is 0. The molecule has 0 saturated carbocycles. The molecule has 0 unspecified atom stereocenters. The van der Waals surface area contributed by atoms with E-state index in [-0.39, 0.29) is 16.1 Å². The zero-order valence-corrected chi connectivity index (χ0v) is 16.5. The van der Waals surface area contributed by atoms with E-state index in [1.54, 1.807) is 12.1 Å². The summed E-state index contributed by atoms with van der Waals surface area (Å²) in [7, 11) is -3.83. The molecule has 5 nitrogen and oxygen atoms in total. The Morgan fingerprint density at radius 2 is 1.45 bits per heavy atom. The van der Waals surface area contributed by atoms with Crippen LogP contribution in [0.5, 0.6) is 0 Å². The SMILES string of the molecule is Cc1ccc(NS(=O)(=O)c2ccc(C(=O)Nc3ccc(F)c(F)c3)cc2)cc1C. The second-order valence-corrected chi connectivity index (χ2v) is 8.19. The Bertz CT molecular complexity index is 1180. The predicted molar refractivity (Wildman–Crippen MR) is 107 cm³/mol. The molecule has 0 aliphatic carbocycles. The summed E-state index contributed by atoms with van der Waals surface area (Å²) in [4.78, 5) is 12.2. The van der Waals surface area contributed by atoms with Gasteiger partial charge >= 0.3 is 0 Å². The maximum atomic E-state index is 13.2. The molecule has 0 saturated heterocycles. The highest BCUT2D eigenvalue weighted by Gasteiger charge is 2.16. The Balaban J connectivity index is 1.75. The van der Waals surface area contributed by atoms with E-state index in [2.05, 4.69) is 10.0 Å². The number of carbonyl (C=O) groups is 1. The fourth-order valence-electron chi connectivity index (χ4n) is 2.58. The molecule has 3 rings (SSSR count). The molecule has 0 atom stereocenters. The normalized spacial score (nSPS) is 11.2. The maximum absolute atomic E-state index is 13.2. The van der Waals surface area contributed by atoms with Gasteiger partial charge < -0.3 is 5.32 Å². The van der Waals surface area contributed by atoms with Gasteiger partial charge in [-0.3, -0.25) is 9.52 Å². The third kappa shape index (κ3) is 4.78. The number of nitrogens with one attached hydrogen (secondary N) is 2. The zero-order chi connectivity index (χ0) is 21.2. The minimum Gasteiger partial charge on any atom is -0.322 e. The zero-order valence-electron chi connectivity index (χ0n) is 15.7. The Morgan fingerprint density at radius 3 is 2.07 bits per heavy atom. The van der Waals surface area contributed by atoms with Crippen LogP contribution in [0.15, 0.2) is 65.6 Å². The number of sulfonamides is 1. The van der Waals surface area contributed by atoms with Gasteiger partial charge in [-0.15, -0.1) is 0 Å². The molecule has 150 valence electrons. The predicted octanol–water partition coefficient (Wildman–Crippen LogP) is 4.63. The average Bonchev–Trinajstić information content (AvgIpc) is 2.67. The Kier molecular flexibility index (Phi) is 5.65. The van der Waals surface area contributed by atoms with E-state index in [4.69, 9.17) is 0 Å². The highest BCUT2D eigenvalue weighted by atomic mass is 32.2. The van der Waals surface area contributed by atoms with Crippen LogP contribution in [-0.2, 0) is 10.0 Å². The van der Waals surface area contributed by atoms with E-state index in [0.29, 0.717) is 5.69 Å². The van der Waals surface area contributed by atoms with Crippen molar-refractivity contribution in [2.24, 2.45) is 0 Å². The van der Waals surface area contributed by atoms with Gasteiger partial charge in [-0.1, -0.05) is 6.07 Å². The minimum absolute atomic E-state index is 0.0138. The molecule has 1 amide bonds. The number of hydrogen-bond acceptors (Lipinski definition) is 3. The first kappa shape index (κ1) is 20.5. The number of hydrogen-bond donors (Lipinski definition) is 2. The summed E-state index contributed by atoms with van der Waals surface area (Å²) in [5.74, 6) is -2.68. The molecule has 8 heteroatoms. The highest BCUT2D eigenvalue weighted by molar-refractivity contribution is 7.92. The monoisotopic (exact) mass is 416 g/mol. The molecule has 0 fully saturated rings. The van der Waals surface area contributed by atoms with Gasteiger partial charge in [0.2, 0.25) is 0 Å². The molecule has 0 radical (unpaired) electrons. The van der Waals surface area contributed by atoms with Crippen LogP contribution < -0.4 is 10.0 Å². The highest BCUT2D eigenvalue weighted by Crippen LogP contribution is 2.20. The smallest absolute Gasteiger partial charge is 0.261 e. The van der Waals surface area contributed by atoms with Gasteiger partial charge in [0, 0.05) is 23.0 Å². The van der Waals surface area contributed by atoms with Crippen LogP contribution in [0, 0.1) is 25.5 Å². The number of rotatable bonds is 5. The lowest BCUT2D eigenvalue weighted by atomic mass is 10.1. The van der Waals surface area contributed by atoms with E-state index in [0.717, 1.165) is 23.3 Å². The first-order valence-electron chi connectivity index (χ1n) is 8.62. The van der Waals surface area contributed by atoms with Gasteiger partial charge in [0.25, 0.3) is 15.9 Å². The molecule has 0 heterocycles. The van der Waals surface area contributed by atoms with Gasteiger partial charge in [0.05, 0.1) is 4.90 Å². The fraction of sp³-hybridized carbons (Fsp3) is 0.0952. The van der Waals surface area contributed by atoms with Crippen molar-refractivity contribution in [3.8, 4) is 0 Å². The maximum Gasteiger partial charge on any atom is 0.261 e. The molecule has 0 aromatic heterocycles. The van der Waals surface area contributed by atoms with Crippen molar-refractivity contribution in [3.63, 3.8) is 0 Å². The summed E-state index contributed by atoms with van der Waals surface area (Å²) in [6, 6.07) is 13.5. The summed E-state index contributed by atoms with van der Waals surface area (Å²) in [6.07, 6.45) is 0. The number of aryl methyl sites for hydroxylation is 2. The molecular formula is C21H18F2N2O3S.